The maximum absolute atomic E-state index is 12.0. The topological polar surface area (TPSA) is 52.1 Å². The Balaban J connectivity index is 2.30. The lowest BCUT2D eigenvalue weighted by atomic mass is 10.1. The summed E-state index contributed by atoms with van der Waals surface area (Å²) >= 11 is 5.63. The number of ether oxygens (including phenoxy) is 1. The van der Waals surface area contributed by atoms with Gasteiger partial charge < -0.3 is 4.74 Å². The van der Waals surface area contributed by atoms with Crippen LogP contribution in [-0.4, -0.2) is 22.9 Å². The second kappa shape index (κ2) is 4.93. The number of carbonyl (C=O) groups excluding carboxylic acids is 1. The number of aromatic nitrogens is 2. The van der Waals surface area contributed by atoms with Crippen molar-refractivity contribution < 1.29 is 9.53 Å². The molecule has 0 radical (unpaired) electrons. The first kappa shape index (κ1) is 11.5. The Morgan fingerprint density at radius 2 is 1.94 bits per heavy atom. The molecule has 0 aliphatic rings. The molecule has 0 N–H and O–H groups in total. The Morgan fingerprint density at radius 1 is 1.24 bits per heavy atom. The average molecular weight is 249 g/mol. The first-order valence-corrected chi connectivity index (χ1v) is 5.26. The largest absolute Gasteiger partial charge is 0.497 e. The van der Waals surface area contributed by atoms with Gasteiger partial charge in [-0.1, -0.05) is 0 Å². The fourth-order valence-corrected chi connectivity index (χ4v) is 1.50. The zero-order valence-corrected chi connectivity index (χ0v) is 9.81. The van der Waals surface area contributed by atoms with E-state index in [0.717, 1.165) is 0 Å². The molecule has 0 aliphatic carbocycles. The van der Waals surface area contributed by atoms with Crippen molar-refractivity contribution >= 4 is 17.4 Å². The molecule has 2 rings (SSSR count). The Kier molecular flexibility index (Phi) is 3.35. The van der Waals surface area contributed by atoms with E-state index in [0.29, 0.717) is 11.3 Å². The third-order valence-electron chi connectivity index (χ3n) is 2.21. The average Bonchev–Trinajstić information content (AvgIpc) is 2.38. The van der Waals surface area contributed by atoms with Crippen molar-refractivity contribution in [3.8, 4) is 5.75 Å². The number of ketones is 1. The molecule has 86 valence electrons. The number of carbonyl (C=O) groups is 1. The third-order valence-corrected chi connectivity index (χ3v) is 2.39. The molecule has 1 aromatic carbocycles. The van der Waals surface area contributed by atoms with E-state index in [1.807, 2.05) is 0 Å². The molecule has 0 bridgehead atoms. The number of benzene rings is 1. The van der Waals surface area contributed by atoms with Crippen molar-refractivity contribution in [2.75, 3.05) is 7.11 Å². The molecule has 4 nitrogen and oxygen atoms in total. The second-order valence-electron chi connectivity index (χ2n) is 3.27. The van der Waals surface area contributed by atoms with Crippen molar-refractivity contribution in [3.05, 3.63) is 53.1 Å². The summed E-state index contributed by atoms with van der Waals surface area (Å²) in [6, 6.07) is 8.32. The van der Waals surface area contributed by atoms with Gasteiger partial charge in [-0.05, 0) is 41.9 Å². The maximum atomic E-state index is 12.0. The molecule has 0 atom stereocenters. The zero-order valence-electron chi connectivity index (χ0n) is 9.05. The number of nitrogens with zero attached hydrogens (tertiary/aromatic N) is 2. The fraction of sp³-hybridized carbons (Fsp3) is 0.0833. The van der Waals surface area contributed by atoms with Gasteiger partial charge in [0.2, 0.25) is 11.1 Å². The number of halogens is 1. The quantitative estimate of drug-likeness (QED) is 0.618. The van der Waals surface area contributed by atoms with Crippen LogP contribution >= 0.6 is 11.6 Å². The van der Waals surface area contributed by atoms with Crippen LogP contribution in [0.3, 0.4) is 0 Å². The standard InChI is InChI=1S/C12H9ClN2O2/c1-17-9-4-2-8(3-5-9)11(16)10-6-7-14-12(13)15-10/h2-7H,1H3. The highest BCUT2D eigenvalue weighted by Gasteiger charge is 2.11. The highest BCUT2D eigenvalue weighted by atomic mass is 35.5. The smallest absolute Gasteiger partial charge is 0.222 e. The number of rotatable bonds is 3. The van der Waals surface area contributed by atoms with E-state index in [1.165, 1.54) is 12.3 Å². The first-order chi connectivity index (χ1) is 8.20. The number of methoxy groups -OCH3 is 1. The molecular weight excluding hydrogens is 240 g/mol. The lowest BCUT2D eigenvalue weighted by Gasteiger charge is -2.02. The number of hydrogen-bond donors (Lipinski definition) is 0. The van der Waals surface area contributed by atoms with Gasteiger partial charge in [-0.25, -0.2) is 9.97 Å². The molecular formula is C12H9ClN2O2. The first-order valence-electron chi connectivity index (χ1n) is 4.88. The van der Waals surface area contributed by atoms with Crippen molar-refractivity contribution in [1.82, 2.24) is 9.97 Å². The van der Waals surface area contributed by atoms with E-state index in [2.05, 4.69) is 9.97 Å². The Bertz CT molecular complexity index is 540. The monoisotopic (exact) mass is 248 g/mol. The Hall–Kier alpha value is -1.94. The van der Waals surface area contributed by atoms with E-state index in [1.54, 1.807) is 31.4 Å². The van der Waals surface area contributed by atoms with Crippen molar-refractivity contribution in [2.24, 2.45) is 0 Å². The van der Waals surface area contributed by atoms with E-state index in [4.69, 9.17) is 16.3 Å². The molecule has 5 heteroatoms. The SMILES string of the molecule is COc1ccc(C(=O)c2ccnc(Cl)n2)cc1. The Labute approximate surface area is 103 Å². The van der Waals surface area contributed by atoms with E-state index >= 15 is 0 Å². The summed E-state index contributed by atoms with van der Waals surface area (Å²) in [4.78, 5) is 19.6. The summed E-state index contributed by atoms with van der Waals surface area (Å²) in [5.41, 5.74) is 0.802. The molecule has 0 aliphatic heterocycles. The number of hydrogen-bond acceptors (Lipinski definition) is 4. The van der Waals surface area contributed by atoms with Gasteiger partial charge in [-0.2, -0.15) is 0 Å². The van der Waals surface area contributed by atoms with Gasteiger partial charge in [0.1, 0.15) is 11.4 Å². The van der Waals surface area contributed by atoms with Crippen LogP contribution in [0.2, 0.25) is 5.28 Å². The minimum absolute atomic E-state index is 0.0596. The normalized spacial score (nSPS) is 10.0. The Morgan fingerprint density at radius 3 is 2.53 bits per heavy atom. The van der Waals surface area contributed by atoms with Gasteiger partial charge in [0, 0.05) is 11.8 Å². The second-order valence-corrected chi connectivity index (χ2v) is 3.61. The molecule has 0 fully saturated rings. The van der Waals surface area contributed by atoms with Gasteiger partial charge in [0.05, 0.1) is 7.11 Å². The van der Waals surface area contributed by atoms with Crippen LogP contribution in [0, 0.1) is 0 Å². The summed E-state index contributed by atoms with van der Waals surface area (Å²) in [6.07, 6.45) is 1.45. The van der Waals surface area contributed by atoms with Crippen LogP contribution in [-0.2, 0) is 0 Å². The summed E-state index contributed by atoms with van der Waals surface area (Å²) in [6.45, 7) is 0. The van der Waals surface area contributed by atoms with Gasteiger partial charge in [0.25, 0.3) is 0 Å². The van der Waals surface area contributed by atoms with Crippen LogP contribution in [0.4, 0.5) is 0 Å². The predicted octanol–water partition coefficient (Wildman–Crippen LogP) is 2.37. The van der Waals surface area contributed by atoms with E-state index in [-0.39, 0.29) is 16.8 Å². The molecule has 1 heterocycles. The summed E-state index contributed by atoms with van der Waals surface area (Å²) in [5.74, 6) is 0.499. The molecule has 0 amide bonds. The van der Waals surface area contributed by atoms with Gasteiger partial charge in [-0.15, -0.1) is 0 Å². The van der Waals surface area contributed by atoms with Crippen molar-refractivity contribution in [1.29, 1.82) is 0 Å². The van der Waals surface area contributed by atoms with E-state index < -0.39 is 0 Å². The highest BCUT2D eigenvalue weighted by Crippen LogP contribution is 2.14. The van der Waals surface area contributed by atoms with Crippen LogP contribution in [0.5, 0.6) is 5.75 Å². The zero-order chi connectivity index (χ0) is 12.3. The minimum atomic E-state index is -0.197. The van der Waals surface area contributed by atoms with Gasteiger partial charge in [0.15, 0.2) is 0 Å². The van der Waals surface area contributed by atoms with Gasteiger partial charge >= 0.3 is 0 Å². The predicted molar refractivity (Wildman–Crippen MR) is 63.5 cm³/mol. The van der Waals surface area contributed by atoms with Crippen LogP contribution in [0.1, 0.15) is 16.1 Å². The van der Waals surface area contributed by atoms with E-state index in [9.17, 15) is 4.79 Å². The summed E-state index contributed by atoms with van der Waals surface area (Å²) in [5, 5.41) is 0.0596. The van der Waals surface area contributed by atoms with Crippen LogP contribution < -0.4 is 4.74 Å². The van der Waals surface area contributed by atoms with Crippen LogP contribution in [0.15, 0.2) is 36.5 Å². The molecule has 2 aromatic rings. The fourth-order valence-electron chi connectivity index (χ4n) is 1.35. The highest BCUT2D eigenvalue weighted by molar-refractivity contribution is 6.28. The molecule has 17 heavy (non-hydrogen) atoms. The lowest BCUT2D eigenvalue weighted by molar-refractivity contribution is 0.103. The third kappa shape index (κ3) is 2.60. The lowest BCUT2D eigenvalue weighted by Crippen LogP contribution is -2.04. The maximum Gasteiger partial charge on any atom is 0.222 e. The minimum Gasteiger partial charge on any atom is -0.497 e. The van der Waals surface area contributed by atoms with Gasteiger partial charge in [-0.3, -0.25) is 4.79 Å². The molecule has 0 saturated carbocycles. The molecule has 0 saturated heterocycles. The molecule has 0 unspecified atom stereocenters. The van der Waals surface area contributed by atoms with Crippen LogP contribution in [0.25, 0.3) is 0 Å². The summed E-state index contributed by atoms with van der Waals surface area (Å²) < 4.78 is 5.02. The summed E-state index contributed by atoms with van der Waals surface area (Å²) in [7, 11) is 1.57. The van der Waals surface area contributed by atoms with Crippen molar-refractivity contribution in [3.63, 3.8) is 0 Å². The van der Waals surface area contributed by atoms with Crippen molar-refractivity contribution in [2.45, 2.75) is 0 Å². The molecule has 1 aromatic heterocycles. The molecule has 0 spiro atoms.